The highest BCUT2D eigenvalue weighted by Gasteiger charge is 2.27. The highest BCUT2D eigenvalue weighted by Crippen LogP contribution is 2.41. The lowest BCUT2D eigenvalue weighted by Gasteiger charge is -2.09. The number of nitro benzene ring substituents is 1. The van der Waals surface area contributed by atoms with Crippen molar-refractivity contribution >= 4 is 11.5 Å². The lowest BCUT2D eigenvalue weighted by molar-refractivity contribution is -0.384. The van der Waals surface area contributed by atoms with Gasteiger partial charge in [-0.3, -0.25) is 10.1 Å². The van der Waals surface area contributed by atoms with E-state index in [2.05, 4.69) is 11.1 Å². The summed E-state index contributed by atoms with van der Waals surface area (Å²) in [4.78, 5) is 14.5. The molecular formula is C15H12N4O2. The quantitative estimate of drug-likeness (QED) is 0.687. The molecule has 1 aromatic carbocycles. The fourth-order valence-electron chi connectivity index (χ4n) is 2.28. The van der Waals surface area contributed by atoms with Crippen molar-refractivity contribution < 1.29 is 4.92 Å². The van der Waals surface area contributed by atoms with Crippen LogP contribution in [0, 0.1) is 21.4 Å². The Kier molecular flexibility index (Phi) is 3.03. The molecule has 6 nitrogen and oxygen atoms in total. The van der Waals surface area contributed by atoms with Crippen LogP contribution in [-0.4, -0.2) is 9.91 Å². The molecule has 104 valence electrons. The summed E-state index contributed by atoms with van der Waals surface area (Å²) in [5.74, 6) is 0.632. The lowest BCUT2D eigenvalue weighted by Crippen LogP contribution is -2.01. The number of rotatable bonds is 3. The standard InChI is InChI=1S/C15H12N4O2/c16-8-13-12(7-14(10-1-2-10)18-15(13)17)9-3-5-11(6-4-9)19(20)21/h3-7,10H,1-2H2,(H2,17,18). The van der Waals surface area contributed by atoms with Crippen molar-refractivity contribution in [1.29, 1.82) is 5.26 Å². The number of nitriles is 1. The molecule has 0 bridgehead atoms. The molecule has 21 heavy (non-hydrogen) atoms. The number of nitrogens with zero attached hydrogens (tertiary/aromatic N) is 3. The van der Waals surface area contributed by atoms with E-state index in [1.807, 2.05) is 6.07 Å². The van der Waals surface area contributed by atoms with Gasteiger partial charge in [-0.25, -0.2) is 4.98 Å². The zero-order valence-electron chi connectivity index (χ0n) is 11.1. The molecule has 1 heterocycles. The maximum Gasteiger partial charge on any atom is 0.269 e. The van der Waals surface area contributed by atoms with Crippen molar-refractivity contribution in [2.24, 2.45) is 0 Å². The van der Waals surface area contributed by atoms with Gasteiger partial charge >= 0.3 is 0 Å². The molecule has 0 atom stereocenters. The minimum atomic E-state index is -0.453. The molecule has 2 aromatic rings. The minimum Gasteiger partial charge on any atom is -0.383 e. The number of benzene rings is 1. The third kappa shape index (κ3) is 2.41. The predicted octanol–water partition coefficient (Wildman–Crippen LogP) is 2.99. The van der Waals surface area contributed by atoms with Crippen molar-refractivity contribution in [2.75, 3.05) is 5.73 Å². The molecule has 1 aliphatic rings. The SMILES string of the molecule is N#Cc1c(-c2ccc([N+](=O)[O-])cc2)cc(C2CC2)nc1N. The number of non-ortho nitro benzene ring substituents is 1. The first kappa shape index (κ1) is 13.1. The molecule has 6 heteroatoms. The van der Waals surface area contributed by atoms with Crippen LogP contribution in [0.25, 0.3) is 11.1 Å². The maximum absolute atomic E-state index is 10.7. The summed E-state index contributed by atoms with van der Waals surface area (Å²) >= 11 is 0. The Morgan fingerprint density at radius 1 is 1.33 bits per heavy atom. The van der Waals surface area contributed by atoms with Crippen LogP contribution < -0.4 is 5.73 Å². The maximum atomic E-state index is 10.7. The Hall–Kier alpha value is -2.94. The smallest absolute Gasteiger partial charge is 0.269 e. The number of nitro groups is 1. The molecule has 1 saturated carbocycles. The molecule has 0 saturated heterocycles. The van der Waals surface area contributed by atoms with Gasteiger partial charge in [0.2, 0.25) is 0 Å². The average molecular weight is 280 g/mol. The summed E-state index contributed by atoms with van der Waals surface area (Å²) in [6.45, 7) is 0. The van der Waals surface area contributed by atoms with Crippen LogP contribution in [-0.2, 0) is 0 Å². The molecule has 0 radical (unpaired) electrons. The number of hydrogen-bond acceptors (Lipinski definition) is 5. The van der Waals surface area contributed by atoms with Crippen molar-refractivity contribution in [1.82, 2.24) is 4.98 Å². The summed E-state index contributed by atoms with van der Waals surface area (Å²) in [7, 11) is 0. The topological polar surface area (TPSA) is 106 Å². The van der Waals surface area contributed by atoms with Gasteiger partial charge in [-0.05, 0) is 36.6 Å². The molecule has 1 aromatic heterocycles. The first-order chi connectivity index (χ1) is 10.1. The Balaban J connectivity index is 2.11. The van der Waals surface area contributed by atoms with E-state index < -0.39 is 4.92 Å². The summed E-state index contributed by atoms with van der Waals surface area (Å²) in [6.07, 6.45) is 2.16. The summed E-state index contributed by atoms with van der Waals surface area (Å²) in [5.41, 5.74) is 8.50. The van der Waals surface area contributed by atoms with E-state index in [0.29, 0.717) is 17.0 Å². The molecule has 1 aliphatic carbocycles. The summed E-state index contributed by atoms with van der Waals surface area (Å²) < 4.78 is 0. The van der Waals surface area contributed by atoms with E-state index in [4.69, 9.17) is 5.73 Å². The normalized spacial score (nSPS) is 13.7. The number of pyridine rings is 1. The van der Waals surface area contributed by atoms with Crippen LogP contribution in [0.5, 0.6) is 0 Å². The second-order valence-electron chi connectivity index (χ2n) is 5.04. The second-order valence-corrected chi connectivity index (χ2v) is 5.04. The van der Waals surface area contributed by atoms with Crippen LogP contribution in [0.3, 0.4) is 0 Å². The van der Waals surface area contributed by atoms with Gasteiger partial charge in [-0.2, -0.15) is 5.26 Å². The van der Waals surface area contributed by atoms with Gasteiger partial charge < -0.3 is 5.73 Å². The Morgan fingerprint density at radius 2 is 2.00 bits per heavy atom. The molecule has 0 aliphatic heterocycles. The van der Waals surface area contributed by atoms with Crippen molar-refractivity contribution in [2.45, 2.75) is 18.8 Å². The number of hydrogen-bond donors (Lipinski definition) is 1. The molecule has 0 unspecified atom stereocenters. The predicted molar refractivity (Wildman–Crippen MR) is 77.4 cm³/mol. The molecule has 3 rings (SSSR count). The lowest BCUT2D eigenvalue weighted by atomic mass is 9.99. The van der Waals surface area contributed by atoms with Gasteiger partial charge in [0.05, 0.1) is 4.92 Å². The summed E-state index contributed by atoms with van der Waals surface area (Å²) in [6, 6.07) is 10.0. The number of nitrogen functional groups attached to an aromatic ring is 1. The highest BCUT2D eigenvalue weighted by molar-refractivity contribution is 5.76. The molecule has 2 N–H and O–H groups in total. The number of anilines is 1. The van der Waals surface area contributed by atoms with Crippen LogP contribution >= 0.6 is 0 Å². The second kappa shape index (κ2) is 4.87. The van der Waals surface area contributed by atoms with Crippen molar-refractivity contribution in [3.63, 3.8) is 0 Å². The van der Waals surface area contributed by atoms with Gasteiger partial charge in [0, 0.05) is 29.3 Å². The monoisotopic (exact) mass is 280 g/mol. The number of aromatic nitrogens is 1. The summed E-state index contributed by atoms with van der Waals surface area (Å²) in [5, 5.41) is 20.0. The van der Waals surface area contributed by atoms with Gasteiger partial charge in [-0.15, -0.1) is 0 Å². The van der Waals surface area contributed by atoms with Gasteiger partial charge in [-0.1, -0.05) is 0 Å². The van der Waals surface area contributed by atoms with Gasteiger partial charge in [0.15, 0.2) is 0 Å². The van der Waals surface area contributed by atoms with E-state index >= 15 is 0 Å². The van der Waals surface area contributed by atoms with Crippen LogP contribution in [0.15, 0.2) is 30.3 Å². The Labute approximate surface area is 121 Å². The first-order valence-electron chi connectivity index (χ1n) is 6.55. The van der Waals surface area contributed by atoms with E-state index in [0.717, 1.165) is 24.1 Å². The van der Waals surface area contributed by atoms with E-state index in [-0.39, 0.29) is 11.5 Å². The average Bonchev–Trinajstić information content (AvgIpc) is 3.31. The molecule has 1 fully saturated rings. The first-order valence-corrected chi connectivity index (χ1v) is 6.55. The number of nitrogens with two attached hydrogens (primary N) is 1. The van der Waals surface area contributed by atoms with Gasteiger partial charge in [0.25, 0.3) is 5.69 Å². The van der Waals surface area contributed by atoms with Crippen LogP contribution in [0.1, 0.15) is 30.0 Å². The highest BCUT2D eigenvalue weighted by atomic mass is 16.6. The van der Waals surface area contributed by atoms with E-state index in [1.54, 1.807) is 12.1 Å². The van der Waals surface area contributed by atoms with Crippen molar-refractivity contribution in [3.8, 4) is 17.2 Å². The zero-order valence-corrected chi connectivity index (χ0v) is 11.1. The Bertz CT molecular complexity index is 758. The third-order valence-corrected chi connectivity index (χ3v) is 3.56. The fraction of sp³-hybridized carbons (Fsp3) is 0.200. The zero-order chi connectivity index (χ0) is 15.0. The minimum absolute atomic E-state index is 0.0155. The van der Waals surface area contributed by atoms with Crippen molar-refractivity contribution in [3.05, 3.63) is 51.7 Å². The van der Waals surface area contributed by atoms with E-state index in [9.17, 15) is 15.4 Å². The molecule has 0 amide bonds. The van der Waals surface area contributed by atoms with Crippen LogP contribution in [0.2, 0.25) is 0 Å². The molecule has 0 spiro atoms. The van der Waals surface area contributed by atoms with Crippen LogP contribution in [0.4, 0.5) is 11.5 Å². The third-order valence-electron chi connectivity index (χ3n) is 3.56. The van der Waals surface area contributed by atoms with E-state index in [1.165, 1.54) is 12.1 Å². The fourth-order valence-corrected chi connectivity index (χ4v) is 2.28. The van der Waals surface area contributed by atoms with Gasteiger partial charge in [0.1, 0.15) is 17.5 Å². The molecular weight excluding hydrogens is 268 g/mol. The largest absolute Gasteiger partial charge is 0.383 e. The Morgan fingerprint density at radius 3 is 2.52 bits per heavy atom.